The van der Waals surface area contributed by atoms with Gasteiger partial charge < -0.3 is 5.73 Å². The molecule has 21 heavy (non-hydrogen) atoms. The van der Waals surface area contributed by atoms with Gasteiger partial charge in [-0.05, 0) is 31.0 Å². The van der Waals surface area contributed by atoms with E-state index in [1.165, 1.54) is 12.1 Å². The number of hydrogen-bond donors (Lipinski definition) is 1. The average molecular weight is 290 g/mol. The molecule has 2 nitrogen and oxygen atoms in total. The molecule has 0 spiro atoms. The predicted octanol–water partition coefficient (Wildman–Crippen LogP) is 3.84. The fourth-order valence-corrected chi connectivity index (χ4v) is 2.80. The van der Waals surface area contributed by atoms with Crippen LogP contribution in [0.25, 0.3) is 0 Å². The van der Waals surface area contributed by atoms with Gasteiger partial charge in [-0.2, -0.15) is 0 Å². The number of halogens is 1. The van der Waals surface area contributed by atoms with E-state index in [1.807, 2.05) is 19.1 Å². The van der Waals surface area contributed by atoms with E-state index in [0.717, 1.165) is 31.5 Å². The molecule has 1 aromatic rings. The Morgan fingerprint density at radius 2 is 1.76 bits per heavy atom. The lowest BCUT2D eigenvalue weighted by atomic mass is 9.82. The Balaban J connectivity index is 3.12. The molecular formula is C18H27FN2. The molecule has 0 saturated heterocycles. The summed E-state index contributed by atoms with van der Waals surface area (Å²) in [7, 11) is 0. The molecule has 3 heteroatoms. The molecule has 0 aliphatic heterocycles. The van der Waals surface area contributed by atoms with Crippen molar-refractivity contribution in [2.24, 2.45) is 5.73 Å². The largest absolute Gasteiger partial charge is 0.320 e. The molecule has 0 saturated carbocycles. The van der Waals surface area contributed by atoms with Crippen molar-refractivity contribution in [2.75, 3.05) is 13.1 Å². The van der Waals surface area contributed by atoms with Gasteiger partial charge in [0.05, 0.1) is 5.54 Å². The maximum absolute atomic E-state index is 13.1. The van der Waals surface area contributed by atoms with E-state index in [-0.39, 0.29) is 11.9 Å². The molecular weight excluding hydrogens is 263 g/mol. The molecule has 2 N–H and O–H groups in total. The van der Waals surface area contributed by atoms with E-state index >= 15 is 0 Å². The highest BCUT2D eigenvalue weighted by Gasteiger charge is 2.34. The molecule has 2 atom stereocenters. The molecule has 0 radical (unpaired) electrons. The van der Waals surface area contributed by atoms with Gasteiger partial charge in [0.25, 0.3) is 0 Å². The molecule has 0 fully saturated rings. The van der Waals surface area contributed by atoms with E-state index in [4.69, 9.17) is 5.73 Å². The van der Waals surface area contributed by atoms with Crippen LogP contribution < -0.4 is 5.73 Å². The van der Waals surface area contributed by atoms with Crippen LogP contribution in [0, 0.1) is 5.82 Å². The quantitative estimate of drug-likeness (QED) is 0.700. The Bertz CT molecular complexity index is 441. The second kappa shape index (κ2) is 8.11. The Morgan fingerprint density at radius 3 is 2.19 bits per heavy atom. The highest BCUT2D eigenvalue weighted by atomic mass is 19.1. The third-order valence-electron chi connectivity index (χ3n) is 3.89. The molecule has 116 valence electrons. The van der Waals surface area contributed by atoms with E-state index in [0.29, 0.717) is 0 Å². The van der Waals surface area contributed by atoms with Crippen LogP contribution in [0.4, 0.5) is 4.39 Å². The van der Waals surface area contributed by atoms with E-state index < -0.39 is 5.54 Å². The molecule has 0 aliphatic carbocycles. The topological polar surface area (TPSA) is 29.3 Å². The zero-order valence-electron chi connectivity index (χ0n) is 13.2. The number of benzene rings is 1. The van der Waals surface area contributed by atoms with Crippen LogP contribution in [0.5, 0.6) is 0 Å². The third-order valence-corrected chi connectivity index (χ3v) is 3.89. The predicted molar refractivity (Wildman–Crippen MR) is 88.6 cm³/mol. The summed E-state index contributed by atoms with van der Waals surface area (Å²) in [6.45, 7) is 13.3. The summed E-state index contributed by atoms with van der Waals surface area (Å²) in [6.07, 6.45) is 5.76. The highest BCUT2D eigenvalue weighted by molar-refractivity contribution is 5.26. The summed E-state index contributed by atoms with van der Waals surface area (Å²) in [5, 5.41) is 0. The third kappa shape index (κ3) is 4.51. The number of rotatable bonds is 9. The Hall–Kier alpha value is -1.45. The van der Waals surface area contributed by atoms with Gasteiger partial charge in [-0.15, -0.1) is 13.2 Å². The van der Waals surface area contributed by atoms with Gasteiger partial charge in [-0.1, -0.05) is 37.6 Å². The first-order chi connectivity index (χ1) is 9.97. The zero-order valence-corrected chi connectivity index (χ0v) is 13.2. The fraction of sp³-hybridized carbons (Fsp3) is 0.444. The Morgan fingerprint density at radius 1 is 1.24 bits per heavy atom. The lowest BCUT2D eigenvalue weighted by Crippen LogP contribution is -2.54. The van der Waals surface area contributed by atoms with Crippen molar-refractivity contribution in [3.63, 3.8) is 0 Å². The Kier molecular flexibility index (Phi) is 6.79. The first-order valence-corrected chi connectivity index (χ1v) is 7.48. The zero-order chi connectivity index (χ0) is 15.9. The van der Waals surface area contributed by atoms with Crippen LogP contribution in [0.15, 0.2) is 49.6 Å². The summed E-state index contributed by atoms with van der Waals surface area (Å²) in [6, 6.07) is 6.63. The monoisotopic (exact) mass is 290 g/mol. The minimum absolute atomic E-state index is 0.143. The van der Waals surface area contributed by atoms with Crippen LogP contribution in [0.2, 0.25) is 0 Å². The minimum Gasteiger partial charge on any atom is -0.320 e. The summed E-state index contributed by atoms with van der Waals surface area (Å²) in [4.78, 5) is 2.27. The van der Waals surface area contributed by atoms with Gasteiger partial charge in [-0.3, -0.25) is 4.90 Å². The van der Waals surface area contributed by atoms with Crippen molar-refractivity contribution in [1.82, 2.24) is 4.90 Å². The van der Waals surface area contributed by atoms with Gasteiger partial charge in [0, 0.05) is 19.1 Å². The normalized spacial score (nSPS) is 15.5. The average Bonchev–Trinajstić information content (AvgIpc) is 2.45. The fourth-order valence-electron chi connectivity index (χ4n) is 2.80. The van der Waals surface area contributed by atoms with Crippen molar-refractivity contribution in [3.05, 3.63) is 61.0 Å². The van der Waals surface area contributed by atoms with Crippen LogP contribution in [0.1, 0.15) is 32.3 Å². The maximum atomic E-state index is 13.1. The van der Waals surface area contributed by atoms with E-state index in [2.05, 4.69) is 25.0 Å². The molecule has 0 bridgehead atoms. The van der Waals surface area contributed by atoms with Gasteiger partial charge >= 0.3 is 0 Å². The smallest absolute Gasteiger partial charge is 0.123 e. The highest BCUT2D eigenvalue weighted by Crippen LogP contribution is 2.29. The first kappa shape index (κ1) is 17.6. The van der Waals surface area contributed by atoms with Gasteiger partial charge in [-0.25, -0.2) is 4.39 Å². The van der Waals surface area contributed by atoms with Crippen molar-refractivity contribution in [3.8, 4) is 0 Å². The summed E-state index contributed by atoms with van der Waals surface area (Å²) in [5.74, 6) is -0.240. The molecule has 0 amide bonds. The Labute approximate surface area is 128 Å². The molecule has 1 rings (SSSR count). The van der Waals surface area contributed by atoms with Crippen molar-refractivity contribution < 1.29 is 4.39 Å². The van der Waals surface area contributed by atoms with Crippen LogP contribution in [-0.2, 0) is 5.54 Å². The second-order valence-electron chi connectivity index (χ2n) is 5.63. The molecule has 2 unspecified atom stereocenters. The number of nitrogens with two attached hydrogens (primary N) is 1. The SMILES string of the molecule is C=CCN(CC=C)C(CCC)C(C)(N)c1ccc(F)cc1. The van der Waals surface area contributed by atoms with Crippen LogP contribution in [0.3, 0.4) is 0 Å². The van der Waals surface area contributed by atoms with Gasteiger partial charge in [0.15, 0.2) is 0 Å². The van der Waals surface area contributed by atoms with Crippen molar-refractivity contribution >= 4 is 0 Å². The first-order valence-electron chi connectivity index (χ1n) is 7.48. The molecule has 1 aromatic carbocycles. The van der Waals surface area contributed by atoms with Crippen molar-refractivity contribution in [2.45, 2.75) is 38.3 Å². The molecule has 0 aromatic heterocycles. The lowest BCUT2D eigenvalue weighted by molar-refractivity contribution is 0.144. The minimum atomic E-state index is -0.560. The van der Waals surface area contributed by atoms with Gasteiger partial charge in [0.2, 0.25) is 0 Å². The second-order valence-corrected chi connectivity index (χ2v) is 5.63. The van der Waals surface area contributed by atoms with E-state index in [9.17, 15) is 4.39 Å². The standard InChI is InChI=1S/C18H27FN2/c1-5-8-17(21(13-6-2)14-7-3)18(4,20)15-9-11-16(19)12-10-15/h6-7,9-12,17H,2-3,5,8,13-14,20H2,1,4H3. The van der Waals surface area contributed by atoms with Crippen molar-refractivity contribution in [1.29, 1.82) is 0 Å². The lowest BCUT2D eigenvalue weighted by Gasteiger charge is -2.42. The maximum Gasteiger partial charge on any atom is 0.123 e. The van der Waals surface area contributed by atoms with Crippen LogP contribution in [-0.4, -0.2) is 24.0 Å². The van der Waals surface area contributed by atoms with E-state index in [1.54, 1.807) is 12.1 Å². The number of hydrogen-bond acceptors (Lipinski definition) is 2. The molecule has 0 heterocycles. The van der Waals surface area contributed by atoms with Gasteiger partial charge in [0.1, 0.15) is 5.82 Å². The summed E-state index contributed by atoms with van der Waals surface area (Å²) >= 11 is 0. The van der Waals surface area contributed by atoms with Crippen LogP contribution >= 0.6 is 0 Å². The molecule has 0 aliphatic rings. The summed E-state index contributed by atoms with van der Waals surface area (Å²) in [5.41, 5.74) is 7.03. The summed E-state index contributed by atoms with van der Waals surface area (Å²) < 4.78 is 13.1. The number of nitrogens with zero attached hydrogens (tertiary/aromatic N) is 1.